The lowest BCUT2D eigenvalue weighted by Crippen LogP contribution is -2.39. The number of fused-ring (bicyclic) bond motifs is 1. The first kappa shape index (κ1) is 37.4. The van der Waals surface area contributed by atoms with Crippen LogP contribution in [0.4, 0.5) is 28.0 Å². The van der Waals surface area contributed by atoms with Gasteiger partial charge in [-0.05, 0) is 54.8 Å². The first-order chi connectivity index (χ1) is 24.7. The number of benzene rings is 4. The summed E-state index contributed by atoms with van der Waals surface area (Å²) in [6.07, 6.45) is -0.817. The van der Waals surface area contributed by atoms with Crippen LogP contribution in [0.2, 0.25) is 0 Å². The molecule has 0 saturated heterocycles. The molecule has 2 amide bonds. The maximum Gasteiger partial charge on any atom is 0.414 e. The smallest absolute Gasteiger partial charge is 0.414 e. The number of nitrogens with one attached hydrogen (secondary N) is 1. The van der Waals surface area contributed by atoms with E-state index in [1.807, 2.05) is 49.2 Å². The van der Waals surface area contributed by atoms with Gasteiger partial charge in [-0.1, -0.05) is 43.0 Å². The van der Waals surface area contributed by atoms with Crippen LogP contribution in [-0.2, 0) is 29.2 Å². The third-order valence-corrected chi connectivity index (χ3v) is 9.08. The van der Waals surface area contributed by atoms with Crippen LogP contribution < -0.4 is 15.0 Å². The highest BCUT2D eigenvalue weighted by atomic mass is 19.1. The molecule has 0 spiro atoms. The number of halogens is 4. The van der Waals surface area contributed by atoms with E-state index in [0.717, 1.165) is 11.1 Å². The number of rotatable bonds is 11. The molecule has 9 nitrogen and oxygen atoms in total. The normalized spacial score (nSPS) is 13.8. The number of carbonyl (C=O) groups excluding carboxylic acids is 3. The summed E-state index contributed by atoms with van der Waals surface area (Å²) in [4.78, 5) is 43.2. The van der Waals surface area contributed by atoms with Crippen molar-refractivity contribution in [1.29, 1.82) is 0 Å². The van der Waals surface area contributed by atoms with Crippen molar-refractivity contribution in [2.75, 3.05) is 25.5 Å². The maximum atomic E-state index is 15.5. The van der Waals surface area contributed by atoms with E-state index in [4.69, 9.17) is 9.47 Å². The van der Waals surface area contributed by atoms with E-state index in [9.17, 15) is 27.6 Å². The molecule has 1 aliphatic rings. The number of anilines is 1. The Morgan fingerprint density at radius 3 is 2.31 bits per heavy atom. The molecule has 0 saturated carbocycles. The van der Waals surface area contributed by atoms with Gasteiger partial charge in [0.2, 0.25) is 0 Å². The molecule has 0 aliphatic carbocycles. The lowest BCUT2D eigenvalue weighted by atomic mass is 9.97. The highest BCUT2D eigenvalue weighted by Gasteiger charge is 2.31. The number of nitrogens with zero attached hydrogens (tertiary/aromatic N) is 3. The molecule has 0 unspecified atom stereocenters. The van der Waals surface area contributed by atoms with E-state index >= 15 is 4.39 Å². The Hall–Kier alpha value is -5.85. The summed E-state index contributed by atoms with van der Waals surface area (Å²) in [5.41, 5.74) is 2.39. The van der Waals surface area contributed by atoms with Gasteiger partial charge < -0.3 is 29.5 Å². The van der Waals surface area contributed by atoms with E-state index in [1.54, 1.807) is 30.0 Å². The zero-order chi connectivity index (χ0) is 37.7. The fourth-order valence-electron chi connectivity index (χ4n) is 5.72. The van der Waals surface area contributed by atoms with Crippen molar-refractivity contribution < 1.29 is 41.4 Å². The summed E-state index contributed by atoms with van der Waals surface area (Å²) in [6.45, 7) is 7.31. The molecule has 0 radical (unpaired) electrons. The predicted octanol–water partition coefficient (Wildman–Crippen LogP) is 7.53. The van der Waals surface area contributed by atoms with Gasteiger partial charge in [0.1, 0.15) is 41.4 Å². The molecule has 4 aromatic carbocycles. The molecular formula is C39H38F4N4O5. The summed E-state index contributed by atoms with van der Waals surface area (Å²) >= 11 is 0. The average Bonchev–Trinajstić information content (AvgIpc) is 3.12. The topological polar surface area (TPSA) is 91.4 Å². The highest BCUT2D eigenvalue weighted by Crippen LogP contribution is 2.41. The molecule has 4 aromatic rings. The lowest BCUT2D eigenvalue weighted by molar-refractivity contribution is -0.145. The Morgan fingerprint density at radius 1 is 0.923 bits per heavy atom. The van der Waals surface area contributed by atoms with E-state index in [0.29, 0.717) is 29.2 Å². The standard InChI is InChI=1S/C39H38F4N4O5/c1-23-31(32(41)13-14-36(23)52-39(50)45(4)16-15-37(48)51-22-26-9-7-6-8-10-26)21-47-25(3)46(5)24(2)29-12-11-27(17-35(29)47)38(49)44-20-30-33(42)18-28(40)19-34(30)43/h6-14,17-19,24H,3,15-16,20-22H2,1-2,4-5H3,(H,44,49)/t24-/m0/s1. The Balaban J connectivity index is 1.30. The molecule has 0 aromatic heterocycles. The average molecular weight is 719 g/mol. The van der Waals surface area contributed by atoms with Gasteiger partial charge in [0, 0.05) is 61.7 Å². The van der Waals surface area contributed by atoms with Crippen molar-refractivity contribution in [3.05, 3.63) is 142 Å². The van der Waals surface area contributed by atoms with Crippen LogP contribution in [0.15, 0.2) is 85.2 Å². The van der Waals surface area contributed by atoms with Crippen LogP contribution in [0, 0.1) is 30.2 Å². The molecule has 52 heavy (non-hydrogen) atoms. The maximum absolute atomic E-state index is 15.5. The minimum Gasteiger partial charge on any atom is -0.461 e. The monoisotopic (exact) mass is 718 g/mol. The molecule has 0 bridgehead atoms. The third kappa shape index (κ3) is 8.36. The van der Waals surface area contributed by atoms with E-state index in [1.165, 1.54) is 24.1 Å². The van der Waals surface area contributed by atoms with E-state index < -0.39 is 53.3 Å². The molecule has 5 rings (SSSR count). The Labute approximate surface area is 299 Å². The van der Waals surface area contributed by atoms with E-state index in [-0.39, 0.29) is 49.0 Å². The molecule has 1 heterocycles. The van der Waals surface area contributed by atoms with Crippen molar-refractivity contribution in [3.63, 3.8) is 0 Å². The zero-order valence-electron chi connectivity index (χ0n) is 29.1. The second-order valence-electron chi connectivity index (χ2n) is 12.4. The number of amides is 2. The fourth-order valence-corrected chi connectivity index (χ4v) is 5.72. The molecule has 13 heteroatoms. The molecular weight excluding hydrogens is 680 g/mol. The summed E-state index contributed by atoms with van der Waals surface area (Å²) in [6, 6.07) is 17.5. The minimum atomic E-state index is -1.13. The van der Waals surface area contributed by atoms with Gasteiger partial charge in [0.25, 0.3) is 5.91 Å². The second-order valence-corrected chi connectivity index (χ2v) is 12.4. The van der Waals surface area contributed by atoms with E-state index in [2.05, 4.69) is 11.9 Å². The van der Waals surface area contributed by atoms with Gasteiger partial charge in [-0.25, -0.2) is 22.4 Å². The highest BCUT2D eigenvalue weighted by molar-refractivity contribution is 5.95. The SMILES string of the molecule is C=C1N(Cc2c(F)ccc(OC(=O)N(C)CCC(=O)OCc3ccccc3)c2C)c2cc(C(=O)NCc3c(F)cc(F)cc3F)ccc2[C@H](C)N1C. The predicted molar refractivity (Wildman–Crippen MR) is 186 cm³/mol. The van der Waals surface area contributed by atoms with Crippen LogP contribution in [-0.4, -0.2) is 48.4 Å². The molecule has 1 aliphatic heterocycles. The van der Waals surface area contributed by atoms with Crippen LogP contribution in [0.25, 0.3) is 0 Å². The summed E-state index contributed by atoms with van der Waals surface area (Å²) in [5, 5.41) is 2.47. The third-order valence-electron chi connectivity index (χ3n) is 9.08. The number of hydrogen-bond donors (Lipinski definition) is 1. The Morgan fingerprint density at radius 2 is 1.62 bits per heavy atom. The number of ether oxygens (including phenoxy) is 2. The lowest BCUT2D eigenvalue weighted by Gasteiger charge is -2.43. The number of hydrogen-bond acceptors (Lipinski definition) is 7. The molecule has 272 valence electrons. The second kappa shape index (κ2) is 16.0. The van der Waals surface area contributed by atoms with Gasteiger partial charge in [-0.2, -0.15) is 0 Å². The first-order valence-corrected chi connectivity index (χ1v) is 16.4. The molecule has 0 fully saturated rings. The van der Waals surface area contributed by atoms with Crippen LogP contribution in [0.3, 0.4) is 0 Å². The van der Waals surface area contributed by atoms with Crippen molar-refractivity contribution in [2.24, 2.45) is 0 Å². The number of esters is 1. The largest absolute Gasteiger partial charge is 0.461 e. The van der Waals surface area contributed by atoms with Gasteiger partial charge in [0.15, 0.2) is 0 Å². The van der Waals surface area contributed by atoms with Gasteiger partial charge in [-0.15, -0.1) is 0 Å². The fraction of sp³-hybridized carbons (Fsp3) is 0.256. The molecule has 1 atom stereocenters. The van der Waals surface area contributed by atoms with Gasteiger partial charge in [-0.3, -0.25) is 9.59 Å². The van der Waals surface area contributed by atoms with Crippen LogP contribution in [0.5, 0.6) is 5.75 Å². The molecule has 1 N–H and O–H groups in total. The quantitative estimate of drug-likeness (QED) is 0.127. The van der Waals surface area contributed by atoms with Crippen LogP contribution in [0.1, 0.15) is 57.6 Å². The summed E-state index contributed by atoms with van der Waals surface area (Å²) in [7, 11) is 3.29. The van der Waals surface area contributed by atoms with Crippen molar-refractivity contribution in [1.82, 2.24) is 15.1 Å². The summed E-state index contributed by atoms with van der Waals surface area (Å²) in [5.74, 6) is -4.42. The Bertz CT molecular complexity index is 1990. The Kier molecular flexibility index (Phi) is 11.5. The van der Waals surface area contributed by atoms with Crippen molar-refractivity contribution in [2.45, 2.75) is 46.0 Å². The first-order valence-electron chi connectivity index (χ1n) is 16.4. The number of carbonyl (C=O) groups is 3. The van der Waals surface area contributed by atoms with Gasteiger partial charge in [0.05, 0.1) is 19.0 Å². The van der Waals surface area contributed by atoms with Crippen molar-refractivity contribution in [3.8, 4) is 5.75 Å². The summed E-state index contributed by atoms with van der Waals surface area (Å²) < 4.78 is 68.1. The van der Waals surface area contributed by atoms with Gasteiger partial charge >= 0.3 is 12.1 Å². The van der Waals surface area contributed by atoms with Crippen molar-refractivity contribution >= 4 is 23.7 Å². The minimum absolute atomic E-state index is 0.0259. The zero-order valence-corrected chi connectivity index (χ0v) is 29.1. The van der Waals surface area contributed by atoms with Crippen LogP contribution >= 0.6 is 0 Å².